The van der Waals surface area contributed by atoms with E-state index in [9.17, 15) is 19.2 Å². The Labute approximate surface area is 148 Å². The zero-order chi connectivity index (χ0) is 20.0. The minimum atomic E-state index is -1.71. The molecule has 0 amide bonds. The third kappa shape index (κ3) is 12.9. The summed E-state index contributed by atoms with van der Waals surface area (Å²) < 4.78 is 20.1. The molecule has 4 N–H and O–H groups in total. The first-order valence-corrected chi connectivity index (χ1v) is 7.47. The van der Waals surface area contributed by atoms with Crippen molar-refractivity contribution in [3.05, 3.63) is 0 Å². The number of aliphatic carboxylic acids is 3. The number of carboxylic acids is 3. The molecule has 0 heterocycles. The summed E-state index contributed by atoms with van der Waals surface area (Å²) in [5.41, 5.74) is -1.71. The number of hydrogen-bond donors (Lipinski definition) is 4. The summed E-state index contributed by atoms with van der Waals surface area (Å²) in [5.74, 6) is -3.36. The molecule has 150 valence electrons. The molecule has 0 saturated heterocycles. The van der Waals surface area contributed by atoms with Gasteiger partial charge in [0.15, 0.2) is 5.60 Å². The summed E-state index contributed by atoms with van der Waals surface area (Å²) >= 11 is 0. The second-order valence-corrected chi connectivity index (χ2v) is 5.14. The average molecular weight is 382 g/mol. The Kier molecular flexibility index (Phi) is 11.6. The second-order valence-electron chi connectivity index (χ2n) is 5.14. The van der Waals surface area contributed by atoms with E-state index in [0.717, 1.165) is 0 Å². The van der Waals surface area contributed by atoms with Crippen LogP contribution >= 0.6 is 0 Å². The number of rotatable bonds is 16. The van der Waals surface area contributed by atoms with Gasteiger partial charge >= 0.3 is 24.1 Å². The van der Waals surface area contributed by atoms with Crippen molar-refractivity contribution in [3.8, 4) is 0 Å². The molecule has 0 saturated carbocycles. The molecule has 12 nitrogen and oxygen atoms in total. The number of ether oxygens (including phenoxy) is 4. The molecule has 26 heavy (non-hydrogen) atoms. The van der Waals surface area contributed by atoms with Crippen molar-refractivity contribution in [2.75, 3.05) is 39.6 Å². The van der Waals surface area contributed by atoms with Gasteiger partial charge in [0.25, 0.3) is 0 Å². The van der Waals surface area contributed by atoms with Crippen LogP contribution in [0.25, 0.3) is 0 Å². The molecule has 0 unspecified atom stereocenters. The Morgan fingerprint density at radius 1 is 0.615 bits per heavy atom. The molecule has 0 atom stereocenters. The molecule has 0 aliphatic carbocycles. The summed E-state index contributed by atoms with van der Waals surface area (Å²) in [6.07, 6.45) is -2.68. The van der Waals surface area contributed by atoms with E-state index in [2.05, 4.69) is 0 Å². The van der Waals surface area contributed by atoms with Gasteiger partial charge in [-0.25, -0.2) is 4.79 Å². The van der Waals surface area contributed by atoms with Gasteiger partial charge in [-0.2, -0.15) is 0 Å². The summed E-state index contributed by atoms with van der Waals surface area (Å²) in [4.78, 5) is 42.4. The monoisotopic (exact) mass is 382 g/mol. The molecular weight excluding hydrogens is 360 g/mol. The molecule has 0 aliphatic heterocycles. The summed E-state index contributed by atoms with van der Waals surface area (Å²) in [6.45, 7) is -1.97. The highest BCUT2D eigenvalue weighted by Crippen LogP contribution is 2.16. The van der Waals surface area contributed by atoms with Gasteiger partial charge < -0.3 is 39.4 Å². The number of hydrogen-bond acceptors (Lipinski definition) is 8. The van der Waals surface area contributed by atoms with E-state index < -0.39 is 49.5 Å². The van der Waals surface area contributed by atoms with Crippen LogP contribution in [0.1, 0.15) is 19.3 Å². The first kappa shape index (κ1) is 23.6. The Hall–Kier alpha value is -2.44. The SMILES string of the molecule is O=C(O)CCOCC(COCCC(=O)O)(COCCC(=O)O)OC(=O)O. The van der Waals surface area contributed by atoms with Crippen LogP contribution in [0.3, 0.4) is 0 Å². The van der Waals surface area contributed by atoms with Crippen molar-refractivity contribution < 1.29 is 58.6 Å². The normalized spacial score (nSPS) is 11.1. The predicted molar refractivity (Wildman–Crippen MR) is 81.1 cm³/mol. The summed E-state index contributed by atoms with van der Waals surface area (Å²) in [7, 11) is 0. The Morgan fingerprint density at radius 2 is 0.923 bits per heavy atom. The van der Waals surface area contributed by atoms with E-state index in [1.54, 1.807) is 0 Å². The lowest BCUT2D eigenvalue weighted by molar-refractivity contribution is -0.154. The lowest BCUT2D eigenvalue weighted by atomic mass is 10.1. The molecule has 12 heteroatoms. The lowest BCUT2D eigenvalue weighted by Gasteiger charge is -2.31. The van der Waals surface area contributed by atoms with Gasteiger partial charge in [-0.3, -0.25) is 14.4 Å². The van der Waals surface area contributed by atoms with Crippen LogP contribution in [0.4, 0.5) is 4.79 Å². The van der Waals surface area contributed by atoms with Gasteiger partial charge in [-0.05, 0) is 0 Å². The maximum Gasteiger partial charge on any atom is 0.506 e. The minimum Gasteiger partial charge on any atom is -0.481 e. The van der Waals surface area contributed by atoms with Gasteiger partial charge in [0.2, 0.25) is 0 Å². The van der Waals surface area contributed by atoms with E-state index >= 15 is 0 Å². The Morgan fingerprint density at radius 3 is 1.15 bits per heavy atom. The third-order valence-electron chi connectivity index (χ3n) is 2.78. The van der Waals surface area contributed by atoms with E-state index in [4.69, 9.17) is 39.4 Å². The van der Waals surface area contributed by atoms with Crippen LogP contribution in [0.15, 0.2) is 0 Å². The molecule has 0 spiro atoms. The molecule has 0 aromatic heterocycles. The fraction of sp³-hybridized carbons (Fsp3) is 0.714. The first-order valence-electron chi connectivity index (χ1n) is 7.47. The molecule has 0 aliphatic rings. The molecular formula is C14H22O12. The van der Waals surface area contributed by atoms with E-state index in [-0.39, 0.29) is 39.1 Å². The van der Waals surface area contributed by atoms with E-state index in [0.29, 0.717) is 0 Å². The predicted octanol–water partition coefficient (Wildman–Crippen LogP) is -0.106. The van der Waals surface area contributed by atoms with Gasteiger partial charge in [-0.1, -0.05) is 0 Å². The van der Waals surface area contributed by atoms with Crippen LogP contribution in [0, 0.1) is 0 Å². The summed E-state index contributed by atoms with van der Waals surface area (Å²) in [6, 6.07) is 0. The quantitative estimate of drug-likeness (QED) is 0.205. The number of carboxylic acid groups (broad SMARTS) is 4. The van der Waals surface area contributed by atoms with Crippen LogP contribution in [0.5, 0.6) is 0 Å². The van der Waals surface area contributed by atoms with Gasteiger partial charge in [0.1, 0.15) is 0 Å². The van der Waals surface area contributed by atoms with Gasteiger partial charge in [-0.15, -0.1) is 0 Å². The lowest BCUT2D eigenvalue weighted by Crippen LogP contribution is -2.48. The van der Waals surface area contributed by atoms with Crippen molar-refractivity contribution in [2.24, 2.45) is 0 Å². The van der Waals surface area contributed by atoms with Crippen LogP contribution in [0.2, 0.25) is 0 Å². The average Bonchev–Trinajstić information content (AvgIpc) is 2.51. The van der Waals surface area contributed by atoms with Crippen molar-refractivity contribution >= 4 is 24.1 Å². The molecule has 0 aromatic rings. The Bertz CT molecular complexity index is 419. The minimum absolute atomic E-state index is 0.232. The highest BCUT2D eigenvalue weighted by Gasteiger charge is 2.36. The highest BCUT2D eigenvalue weighted by molar-refractivity contribution is 5.67. The van der Waals surface area contributed by atoms with Crippen molar-refractivity contribution in [2.45, 2.75) is 24.9 Å². The standard InChI is InChI=1S/C14H22O12/c15-10(16)1-4-23-7-14(26-13(21)22,8-24-5-2-11(17)18)9-25-6-3-12(19)20/h1-9H2,(H,15,16)(H,17,18)(H,19,20)(H,21,22). The van der Waals surface area contributed by atoms with Gasteiger partial charge in [0.05, 0.1) is 58.9 Å². The fourth-order valence-corrected chi connectivity index (χ4v) is 1.65. The highest BCUT2D eigenvalue weighted by atomic mass is 16.7. The van der Waals surface area contributed by atoms with E-state index in [1.807, 2.05) is 0 Å². The molecule has 0 radical (unpaired) electrons. The second kappa shape index (κ2) is 12.9. The third-order valence-corrected chi connectivity index (χ3v) is 2.78. The largest absolute Gasteiger partial charge is 0.506 e. The van der Waals surface area contributed by atoms with Crippen LogP contribution in [-0.4, -0.2) is 89.7 Å². The zero-order valence-corrected chi connectivity index (χ0v) is 13.9. The first-order chi connectivity index (χ1) is 12.2. The number of carbonyl (C=O) groups is 4. The van der Waals surface area contributed by atoms with E-state index in [1.165, 1.54) is 0 Å². The van der Waals surface area contributed by atoms with Crippen molar-refractivity contribution in [1.29, 1.82) is 0 Å². The smallest absolute Gasteiger partial charge is 0.481 e. The van der Waals surface area contributed by atoms with Crippen molar-refractivity contribution in [3.63, 3.8) is 0 Å². The molecule has 0 bridgehead atoms. The molecule has 0 fully saturated rings. The zero-order valence-electron chi connectivity index (χ0n) is 13.9. The molecule has 0 aromatic carbocycles. The Balaban J connectivity index is 4.83. The van der Waals surface area contributed by atoms with Crippen molar-refractivity contribution in [1.82, 2.24) is 0 Å². The molecule has 0 rings (SSSR count). The van der Waals surface area contributed by atoms with Gasteiger partial charge in [0, 0.05) is 0 Å². The fourth-order valence-electron chi connectivity index (χ4n) is 1.65. The maximum absolute atomic E-state index is 11.0. The topological polar surface area (TPSA) is 186 Å². The summed E-state index contributed by atoms with van der Waals surface area (Å²) in [5, 5.41) is 34.6. The van der Waals surface area contributed by atoms with Crippen LogP contribution in [-0.2, 0) is 33.3 Å². The van der Waals surface area contributed by atoms with Crippen LogP contribution < -0.4 is 0 Å². The maximum atomic E-state index is 11.0.